The molecule has 0 aliphatic rings. The van der Waals surface area contributed by atoms with Crippen LogP contribution in [-0.4, -0.2) is 44.9 Å². The van der Waals surface area contributed by atoms with Crippen molar-refractivity contribution < 1.29 is 19.7 Å². The fourth-order valence-corrected chi connectivity index (χ4v) is 2.23. The Bertz CT molecular complexity index is 654. The number of aromatic carboxylic acids is 1. The molecule has 2 unspecified atom stereocenters. The summed E-state index contributed by atoms with van der Waals surface area (Å²) in [4.78, 5) is 17.6. The summed E-state index contributed by atoms with van der Waals surface area (Å²) in [5.41, 5.74) is 6.62. The van der Waals surface area contributed by atoms with Gasteiger partial charge in [0, 0.05) is 17.8 Å². The van der Waals surface area contributed by atoms with E-state index in [-0.39, 0.29) is 18.3 Å². The molecule has 0 spiro atoms. The number of carboxylic acids is 1. The standard InChI is InChI=1S/C17H23N3O4/c1-2-3-4-13(18)15(21)10-24-12-7-5-11(6-8-12)16-19-9-14(20-16)17(22)23/h5-9,13,15,21H,2-4,10,18H2,1H3,(H,19,20)(H,22,23). The number of imidazole rings is 1. The third-order valence-electron chi connectivity index (χ3n) is 3.73. The van der Waals surface area contributed by atoms with Crippen molar-refractivity contribution in [2.24, 2.45) is 5.73 Å². The summed E-state index contributed by atoms with van der Waals surface area (Å²) >= 11 is 0. The number of hydrogen-bond acceptors (Lipinski definition) is 5. The number of nitrogens with zero attached hydrogens (tertiary/aromatic N) is 1. The summed E-state index contributed by atoms with van der Waals surface area (Å²) in [6.45, 7) is 2.21. The van der Waals surface area contributed by atoms with E-state index in [1.807, 2.05) is 0 Å². The number of nitrogens with one attached hydrogen (secondary N) is 1. The minimum Gasteiger partial charge on any atom is -0.491 e. The lowest BCUT2D eigenvalue weighted by Gasteiger charge is -2.19. The maximum absolute atomic E-state index is 10.8. The van der Waals surface area contributed by atoms with Crippen molar-refractivity contribution in [3.63, 3.8) is 0 Å². The number of aliphatic hydroxyl groups excluding tert-OH is 1. The van der Waals surface area contributed by atoms with Crippen molar-refractivity contribution in [2.45, 2.75) is 38.3 Å². The highest BCUT2D eigenvalue weighted by Gasteiger charge is 2.15. The summed E-state index contributed by atoms with van der Waals surface area (Å²) < 4.78 is 5.55. The van der Waals surface area contributed by atoms with Gasteiger partial charge in [0.05, 0.1) is 0 Å². The molecule has 0 radical (unpaired) electrons. The van der Waals surface area contributed by atoms with Gasteiger partial charge in [-0.3, -0.25) is 0 Å². The molecule has 0 fully saturated rings. The molecule has 0 bridgehead atoms. The maximum atomic E-state index is 10.8. The number of ether oxygens (including phenoxy) is 1. The Balaban J connectivity index is 1.90. The summed E-state index contributed by atoms with van der Waals surface area (Å²) in [6, 6.07) is 6.72. The van der Waals surface area contributed by atoms with E-state index in [9.17, 15) is 9.90 Å². The van der Waals surface area contributed by atoms with Crippen LogP contribution in [0, 0.1) is 0 Å². The van der Waals surface area contributed by atoms with Crippen molar-refractivity contribution in [3.05, 3.63) is 36.2 Å². The SMILES string of the molecule is CCCCC(N)C(O)COc1ccc(-c2nc(C(=O)O)c[nH]2)cc1. The van der Waals surface area contributed by atoms with Gasteiger partial charge in [-0.15, -0.1) is 0 Å². The second-order valence-corrected chi connectivity index (χ2v) is 5.65. The van der Waals surface area contributed by atoms with E-state index in [4.69, 9.17) is 15.6 Å². The molecule has 0 aliphatic carbocycles. The Morgan fingerprint density at radius 2 is 2.08 bits per heavy atom. The van der Waals surface area contributed by atoms with Gasteiger partial charge in [-0.1, -0.05) is 19.8 Å². The smallest absolute Gasteiger partial charge is 0.356 e. The van der Waals surface area contributed by atoms with Crippen molar-refractivity contribution in [1.29, 1.82) is 0 Å². The molecule has 2 atom stereocenters. The second-order valence-electron chi connectivity index (χ2n) is 5.65. The van der Waals surface area contributed by atoms with Crippen LogP contribution in [-0.2, 0) is 0 Å². The fourth-order valence-electron chi connectivity index (χ4n) is 2.23. The average molecular weight is 333 g/mol. The summed E-state index contributed by atoms with van der Waals surface area (Å²) in [5.74, 6) is -0.00284. The molecule has 0 saturated carbocycles. The Kier molecular flexibility index (Phi) is 6.34. The predicted molar refractivity (Wildman–Crippen MR) is 90.0 cm³/mol. The van der Waals surface area contributed by atoms with Crippen LogP contribution in [0.3, 0.4) is 0 Å². The number of carboxylic acid groups (broad SMARTS) is 1. The van der Waals surface area contributed by atoms with Gasteiger partial charge in [0.1, 0.15) is 24.3 Å². The van der Waals surface area contributed by atoms with E-state index in [2.05, 4.69) is 16.9 Å². The Morgan fingerprint density at radius 3 is 2.67 bits per heavy atom. The number of benzene rings is 1. The number of nitrogens with two attached hydrogens (primary N) is 1. The topological polar surface area (TPSA) is 121 Å². The zero-order chi connectivity index (χ0) is 17.5. The van der Waals surface area contributed by atoms with Gasteiger partial charge < -0.3 is 25.7 Å². The monoisotopic (exact) mass is 333 g/mol. The Morgan fingerprint density at radius 1 is 1.38 bits per heavy atom. The van der Waals surface area contributed by atoms with E-state index < -0.39 is 12.1 Å². The quantitative estimate of drug-likeness (QED) is 0.557. The van der Waals surface area contributed by atoms with E-state index in [1.54, 1.807) is 24.3 Å². The number of unbranched alkanes of at least 4 members (excludes halogenated alkanes) is 1. The lowest BCUT2D eigenvalue weighted by Crippen LogP contribution is -2.38. The molecular weight excluding hydrogens is 310 g/mol. The van der Waals surface area contributed by atoms with Gasteiger partial charge in [-0.05, 0) is 30.7 Å². The summed E-state index contributed by atoms with van der Waals surface area (Å²) in [5, 5.41) is 18.8. The lowest BCUT2D eigenvalue weighted by atomic mass is 10.1. The Labute approximate surface area is 140 Å². The van der Waals surface area contributed by atoms with Crippen LogP contribution in [0.15, 0.2) is 30.5 Å². The first-order valence-electron chi connectivity index (χ1n) is 7.96. The summed E-state index contributed by atoms with van der Waals surface area (Å²) in [6.07, 6.45) is 3.42. The molecule has 1 aromatic heterocycles. The highest BCUT2D eigenvalue weighted by Crippen LogP contribution is 2.20. The molecule has 0 amide bonds. The van der Waals surface area contributed by atoms with Crippen LogP contribution < -0.4 is 10.5 Å². The van der Waals surface area contributed by atoms with Gasteiger partial charge >= 0.3 is 5.97 Å². The molecule has 130 valence electrons. The molecule has 5 N–H and O–H groups in total. The molecule has 7 heteroatoms. The third kappa shape index (κ3) is 4.81. The molecule has 24 heavy (non-hydrogen) atoms. The van der Waals surface area contributed by atoms with Gasteiger partial charge in [0.25, 0.3) is 0 Å². The van der Waals surface area contributed by atoms with Crippen molar-refractivity contribution >= 4 is 5.97 Å². The van der Waals surface area contributed by atoms with E-state index in [0.29, 0.717) is 11.6 Å². The first-order chi connectivity index (χ1) is 11.5. The van der Waals surface area contributed by atoms with E-state index in [0.717, 1.165) is 24.8 Å². The number of carbonyl (C=O) groups is 1. The van der Waals surface area contributed by atoms with Gasteiger partial charge in [-0.2, -0.15) is 0 Å². The molecule has 1 heterocycles. The lowest BCUT2D eigenvalue weighted by molar-refractivity contribution is 0.0691. The molecular formula is C17H23N3O4. The summed E-state index contributed by atoms with van der Waals surface area (Å²) in [7, 11) is 0. The predicted octanol–water partition coefficient (Wildman–Crippen LogP) is 2.03. The molecule has 1 aromatic carbocycles. The average Bonchev–Trinajstić information content (AvgIpc) is 3.08. The minimum atomic E-state index is -1.08. The number of aromatic nitrogens is 2. The van der Waals surface area contributed by atoms with Crippen LogP contribution in [0.25, 0.3) is 11.4 Å². The van der Waals surface area contributed by atoms with Crippen LogP contribution in [0.4, 0.5) is 0 Å². The number of rotatable bonds is 9. The van der Waals surface area contributed by atoms with Crippen molar-refractivity contribution in [3.8, 4) is 17.1 Å². The fraction of sp³-hybridized carbons (Fsp3) is 0.412. The number of aromatic amines is 1. The molecule has 0 saturated heterocycles. The largest absolute Gasteiger partial charge is 0.491 e. The van der Waals surface area contributed by atoms with Crippen LogP contribution in [0.1, 0.15) is 36.7 Å². The maximum Gasteiger partial charge on any atom is 0.356 e. The van der Waals surface area contributed by atoms with Crippen LogP contribution in [0.2, 0.25) is 0 Å². The molecule has 0 aliphatic heterocycles. The second kappa shape index (κ2) is 8.47. The van der Waals surface area contributed by atoms with Gasteiger partial charge in [-0.25, -0.2) is 9.78 Å². The van der Waals surface area contributed by atoms with Crippen molar-refractivity contribution in [2.75, 3.05) is 6.61 Å². The van der Waals surface area contributed by atoms with Crippen LogP contribution >= 0.6 is 0 Å². The first kappa shape index (κ1) is 18.0. The molecule has 2 rings (SSSR count). The molecule has 7 nitrogen and oxygen atoms in total. The zero-order valence-corrected chi connectivity index (χ0v) is 13.6. The van der Waals surface area contributed by atoms with E-state index >= 15 is 0 Å². The number of hydrogen-bond donors (Lipinski definition) is 4. The van der Waals surface area contributed by atoms with Gasteiger partial charge in [0.15, 0.2) is 5.69 Å². The van der Waals surface area contributed by atoms with E-state index in [1.165, 1.54) is 6.20 Å². The zero-order valence-electron chi connectivity index (χ0n) is 13.6. The van der Waals surface area contributed by atoms with Gasteiger partial charge in [0.2, 0.25) is 0 Å². The van der Waals surface area contributed by atoms with Crippen LogP contribution in [0.5, 0.6) is 5.75 Å². The van der Waals surface area contributed by atoms with Crippen molar-refractivity contribution in [1.82, 2.24) is 9.97 Å². The first-order valence-corrected chi connectivity index (χ1v) is 7.96. The highest BCUT2D eigenvalue weighted by molar-refractivity contribution is 5.85. The normalized spacial score (nSPS) is 13.5. The third-order valence-corrected chi connectivity index (χ3v) is 3.73. The number of H-pyrrole nitrogens is 1. The minimum absolute atomic E-state index is 0.0329. The molecule has 2 aromatic rings. The number of aliphatic hydroxyl groups is 1. The Hall–Kier alpha value is -2.38. The highest BCUT2D eigenvalue weighted by atomic mass is 16.5.